The van der Waals surface area contributed by atoms with Gasteiger partial charge >= 0.3 is 12.0 Å². The molecule has 1 aromatic carbocycles. The summed E-state index contributed by atoms with van der Waals surface area (Å²) < 4.78 is 5.10. The summed E-state index contributed by atoms with van der Waals surface area (Å²) in [5.74, 6) is 0.406. The number of nitrogens with zero attached hydrogens (tertiary/aromatic N) is 3. The lowest BCUT2D eigenvalue weighted by Gasteiger charge is -2.31. The molecule has 2 aliphatic rings. The van der Waals surface area contributed by atoms with Gasteiger partial charge in [0.05, 0.1) is 18.2 Å². The van der Waals surface area contributed by atoms with Gasteiger partial charge in [0, 0.05) is 42.3 Å². The number of pyridine rings is 1. The molecular formula is C25H30N4O4S. The lowest BCUT2D eigenvalue weighted by atomic mass is 9.96. The summed E-state index contributed by atoms with van der Waals surface area (Å²) >= 11 is 1.67. The summed E-state index contributed by atoms with van der Waals surface area (Å²) in [6, 6.07) is 8.72. The topological polar surface area (TPSA) is 91.8 Å². The van der Waals surface area contributed by atoms with Crippen LogP contribution < -0.4 is 10.2 Å². The van der Waals surface area contributed by atoms with Gasteiger partial charge in [-0.05, 0) is 69.5 Å². The van der Waals surface area contributed by atoms with Crippen LogP contribution in [0.25, 0.3) is 0 Å². The molecule has 0 spiro atoms. The number of nitrogens with one attached hydrogen (secondary N) is 1. The number of hydrogen-bond acceptors (Lipinski definition) is 6. The molecule has 0 unspecified atom stereocenters. The fourth-order valence-corrected chi connectivity index (χ4v) is 5.50. The Balaban J connectivity index is 1.37. The van der Waals surface area contributed by atoms with Gasteiger partial charge in [-0.1, -0.05) is 0 Å². The number of carbonyl (C=O) groups excluding carboxylic acids is 3. The molecule has 4 rings (SSSR count). The highest BCUT2D eigenvalue weighted by Crippen LogP contribution is 2.36. The number of aryl methyl sites for hydroxylation is 2. The number of piperidine rings is 1. The van der Waals surface area contributed by atoms with Gasteiger partial charge in [0.1, 0.15) is 5.03 Å². The minimum atomic E-state index is -0.213. The van der Waals surface area contributed by atoms with E-state index in [9.17, 15) is 14.4 Å². The number of aromatic nitrogens is 1. The highest BCUT2D eigenvalue weighted by Gasteiger charge is 2.29. The number of benzene rings is 1. The fraction of sp³-hybridized carbons (Fsp3) is 0.440. The van der Waals surface area contributed by atoms with Crippen molar-refractivity contribution in [1.29, 1.82) is 0 Å². The minimum absolute atomic E-state index is 0.0702. The predicted molar refractivity (Wildman–Crippen MR) is 133 cm³/mol. The molecule has 1 fully saturated rings. The van der Waals surface area contributed by atoms with E-state index >= 15 is 0 Å². The van der Waals surface area contributed by atoms with E-state index in [1.165, 1.54) is 0 Å². The monoisotopic (exact) mass is 482 g/mol. The molecule has 2 aromatic rings. The van der Waals surface area contributed by atoms with E-state index < -0.39 is 0 Å². The van der Waals surface area contributed by atoms with Crippen LogP contribution >= 0.6 is 11.8 Å². The molecule has 1 aromatic heterocycles. The summed E-state index contributed by atoms with van der Waals surface area (Å²) in [4.78, 5) is 45.9. The summed E-state index contributed by atoms with van der Waals surface area (Å²) in [7, 11) is 0. The summed E-state index contributed by atoms with van der Waals surface area (Å²) in [5, 5.41) is 3.83. The third-order valence-corrected chi connectivity index (χ3v) is 7.08. The predicted octanol–water partition coefficient (Wildman–Crippen LogP) is 4.26. The number of thioether (sulfide) groups is 1. The van der Waals surface area contributed by atoms with Crippen molar-refractivity contribution in [2.45, 2.75) is 38.6 Å². The van der Waals surface area contributed by atoms with Crippen molar-refractivity contribution in [3.05, 3.63) is 47.2 Å². The van der Waals surface area contributed by atoms with Gasteiger partial charge in [0.25, 0.3) is 5.91 Å². The van der Waals surface area contributed by atoms with Gasteiger partial charge < -0.3 is 15.0 Å². The third-order valence-electron chi connectivity index (χ3n) is 6.13. The Morgan fingerprint density at radius 3 is 2.50 bits per heavy atom. The first-order valence-electron chi connectivity index (χ1n) is 11.6. The molecule has 180 valence electrons. The Labute approximate surface area is 204 Å². The number of amides is 3. The second-order valence-electron chi connectivity index (χ2n) is 8.56. The van der Waals surface area contributed by atoms with Crippen LogP contribution in [0.2, 0.25) is 0 Å². The molecular weight excluding hydrogens is 452 g/mol. The molecule has 1 saturated heterocycles. The van der Waals surface area contributed by atoms with Crippen LogP contribution in [0.4, 0.5) is 16.2 Å². The fourth-order valence-electron chi connectivity index (χ4n) is 4.42. The molecule has 9 heteroatoms. The van der Waals surface area contributed by atoms with Gasteiger partial charge in [-0.2, -0.15) is 0 Å². The number of urea groups is 1. The van der Waals surface area contributed by atoms with E-state index in [0.29, 0.717) is 50.3 Å². The summed E-state index contributed by atoms with van der Waals surface area (Å²) in [5.41, 5.74) is 4.01. The number of ether oxygens (including phenoxy) is 1. The molecule has 0 radical (unpaired) electrons. The van der Waals surface area contributed by atoms with E-state index in [1.807, 2.05) is 19.9 Å². The maximum atomic E-state index is 13.0. The van der Waals surface area contributed by atoms with Gasteiger partial charge in [0.2, 0.25) is 0 Å². The maximum Gasteiger partial charge on any atom is 0.326 e. The van der Waals surface area contributed by atoms with Crippen molar-refractivity contribution in [3.63, 3.8) is 0 Å². The Hall–Kier alpha value is -3.07. The highest BCUT2D eigenvalue weighted by molar-refractivity contribution is 7.99. The second-order valence-corrected chi connectivity index (χ2v) is 9.64. The highest BCUT2D eigenvalue weighted by atomic mass is 32.2. The van der Waals surface area contributed by atoms with Crippen molar-refractivity contribution in [1.82, 2.24) is 9.88 Å². The molecule has 3 amide bonds. The van der Waals surface area contributed by atoms with Crippen LogP contribution in [0.15, 0.2) is 35.4 Å². The third kappa shape index (κ3) is 5.19. The second kappa shape index (κ2) is 10.5. The van der Waals surface area contributed by atoms with Crippen molar-refractivity contribution in [2.24, 2.45) is 5.92 Å². The van der Waals surface area contributed by atoms with E-state index in [1.54, 1.807) is 52.8 Å². The number of anilines is 2. The van der Waals surface area contributed by atoms with Gasteiger partial charge in [0.15, 0.2) is 0 Å². The molecule has 3 heterocycles. The molecule has 0 bridgehead atoms. The van der Waals surface area contributed by atoms with Crippen molar-refractivity contribution in [2.75, 3.05) is 42.2 Å². The zero-order chi connectivity index (χ0) is 24.2. The molecule has 0 atom stereocenters. The smallest absolute Gasteiger partial charge is 0.326 e. The number of carbonyl (C=O) groups is 3. The van der Waals surface area contributed by atoms with Gasteiger partial charge in [-0.15, -0.1) is 11.8 Å². The van der Waals surface area contributed by atoms with Crippen LogP contribution in [0, 0.1) is 19.8 Å². The molecule has 34 heavy (non-hydrogen) atoms. The first-order valence-corrected chi connectivity index (χ1v) is 12.6. The molecule has 0 saturated carbocycles. The normalized spacial score (nSPS) is 16.1. The number of hydrogen-bond donors (Lipinski definition) is 1. The van der Waals surface area contributed by atoms with Crippen LogP contribution in [-0.4, -0.2) is 59.8 Å². The minimum Gasteiger partial charge on any atom is -0.466 e. The average molecular weight is 483 g/mol. The lowest BCUT2D eigenvalue weighted by molar-refractivity contribution is -0.149. The van der Waals surface area contributed by atoms with Crippen molar-refractivity contribution < 1.29 is 19.1 Å². The first kappa shape index (κ1) is 24.1. The van der Waals surface area contributed by atoms with E-state index in [0.717, 1.165) is 27.7 Å². The molecule has 2 aliphatic heterocycles. The zero-order valence-electron chi connectivity index (χ0n) is 19.8. The van der Waals surface area contributed by atoms with Crippen LogP contribution in [-0.2, 0) is 9.53 Å². The zero-order valence-corrected chi connectivity index (χ0v) is 20.6. The number of rotatable bonds is 4. The Morgan fingerprint density at radius 2 is 1.82 bits per heavy atom. The summed E-state index contributed by atoms with van der Waals surface area (Å²) in [6.07, 6.45) is 1.23. The van der Waals surface area contributed by atoms with Crippen molar-refractivity contribution >= 4 is 41.0 Å². The Kier molecular flexibility index (Phi) is 7.41. The largest absolute Gasteiger partial charge is 0.466 e. The van der Waals surface area contributed by atoms with Crippen LogP contribution in [0.5, 0.6) is 0 Å². The van der Waals surface area contributed by atoms with E-state index in [2.05, 4.69) is 10.3 Å². The molecule has 1 N–H and O–H groups in total. The van der Waals surface area contributed by atoms with Gasteiger partial charge in [-0.25, -0.2) is 9.78 Å². The summed E-state index contributed by atoms with van der Waals surface area (Å²) in [6.45, 7) is 7.79. The van der Waals surface area contributed by atoms with Crippen LogP contribution in [0.3, 0.4) is 0 Å². The number of fused-ring (bicyclic) bond motifs is 1. The first-order chi connectivity index (χ1) is 16.4. The molecule has 0 aliphatic carbocycles. The average Bonchev–Trinajstić information content (AvgIpc) is 2.83. The molecule has 8 nitrogen and oxygen atoms in total. The SMILES string of the molecule is CCOC(=O)C1CCN(C(=O)c2ccc(NC(=O)N3CCSc4nc(C)cc(C)c43)cc2)CC1. The lowest BCUT2D eigenvalue weighted by Crippen LogP contribution is -2.40. The quantitative estimate of drug-likeness (QED) is 0.655. The van der Waals surface area contributed by atoms with E-state index in [4.69, 9.17) is 4.74 Å². The number of esters is 1. The number of likely N-dealkylation sites (tertiary alicyclic amines) is 1. The Bertz CT molecular complexity index is 1080. The standard InChI is InChI=1S/C25H30N4O4S/c1-4-33-24(31)19-9-11-28(12-10-19)23(30)18-5-7-20(8-6-18)27-25(32)29-13-14-34-22-21(29)16(2)15-17(3)26-22/h5-8,15,19H,4,9-14H2,1-3H3,(H,27,32). The Morgan fingerprint density at radius 1 is 1.12 bits per heavy atom. The van der Waals surface area contributed by atoms with Crippen molar-refractivity contribution in [3.8, 4) is 0 Å². The van der Waals surface area contributed by atoms with Crippen LogP contribution in [0.1, 0.15) is 41.4 Å². The van der Waals surface area contributed by atoms with Gasteiger partial charge in [-0.3, -0.25) is 14.5 Å². The van der Waals surface area contributed by atoms with E-state index in [-0.39, 0.29) is 23.8 Å². The maximum absolute atomic E-state index is 13.0.